The largest absolute Gasteiger partial charge is 0.340 e. The Morgan fingerprint density at radius 1 is 1.14 bits per heavy atom. The van der Waals surface area contributed by atoms with Crippen molar-refractivity contribution in [2.75, 3.05) is 0 Å². The normalized spacial score (nSPS) is 9.43. The summed E-state index contributed by atoms with van der Waals surface area (Å²) in [6, 6.07) is 0. The predicted octanol–water partition coefficient (Wildman–Crippen LogP) is 1.46. The number of hydrogen-bond donors (Lipinski definition) is 0. The number of nitrogens with zero attached hydrogens (tertiary/aromatic N) is 4. The van der Waals surface area contributed by atoms with Crippen molar-refractivity contribution in [3.05, 3.63) is 36.2 Å². The summed E-state index contributed by atoms with van der Waals surface area (Å²) in [6.07, 6.45) is 7.56. The van der Waals surface area contributed by atoms with Crippen molar-refractivity contribution in [3.63, 3.8) is 0 Å². The van der Waals surface area contributed by atoms with Gasteiger partial charge in [0.2, 0.25) is 0 Å². The zero-order valence-corrected chi connectivity index (χ0v) is 9.10. The maximum absolute atomic E-state index is 3.98. The van der Waals surface area contributed by atoms with E-state index >= 15 is 0 Å². The summed E-state index contributed by atoms with van der Waals surface area (Å²) in [5, 5.41) is 3.93. The molecule has 14 heavy (non-hydrogen) atoms. The highest BCUT2D eigenvalue weighted by atomic mass is 15.2. The van der Waals surface area contributed by atoms with Gasteiger partial charge in [-0.2, -0.15) is 5.10 Å². The molecule has 4 heteroatoms. The maximum atomic E-state index is 3.98. The first kappa shape index (κ1) is 10.5. The number of aromatic nitrogens is 4. The molecule has 0 aliphatic rings. The summed E-state index contributed by atoms with van der Waals surface area (Å²) >= 11 is 0. The Morgan fingerprint density at radius 2 is 1.86 bits per heavy atom. The third-order valence-corrected chi connectivity index (χ3v) is 1.67. The minimum Gasteiger partial charge on any atom is -0.340 e. The average Bonchev–Trinajstić information content (AvgIpc) is 2.63. The van der Waals surface area contributed by atoms with E-state index in [1.54, 1.807) is 11.0 Å². The fraction of sp³-hybridized carbons (Fsp3) is 0.400. The van der Waals surface area contributed by atoms with E-state index in [2.05, 4.69) is 10.1 Å². The fourth-order valence-corrected chi connectivity index (χ4v) is 1.09. The van der Waals surface area contributed by atoms with Gasteiger partial charge in [0.25, 0.3) is 0 Å². The van der Waals surface area contributed by atoms with Crippen molar-refractivity contribution in [3.8, 4) is 0 Å². The zero-order chi connectivity index (χ0) is 10.6. The van der Waals surface area contributed by atoms with Gasteiger partial charge in [0, 0.05) is 26.5 Å². The molecule has 2 rings (SSSR count). The van der Waals surface area contributed by atoms with Crippen LogP contribution in [0.3, 0.4) is 0 Å². The monoisotopic (exact) mass is 192 g/mol. The van der Waals surface area contributed by atoms with Gasteiger partial charge in [-0.1, -0.05) is 0 Å². The van der Waals surface area contributed by atoms with Gasteiger partial charge in [0.05, 0.1) is 18.2 Å². The van der Waals surface area contributed by atoms with Crippen LogP contribution in [-0.2, 0) is 14.1 Å². The van der Waals surface area contributed by atoms with Crippen LogP contribution in [-0.4, -0.2) is 19.3 Å². The van der Waals surface area contributed by atoms with Crippen molar-refractivity contribution in [2.24, 2.45) is 14.1 Å². The molecule has 0 radical (unpaired) electrons. The number of rotatable bonds is 0. The first-order valence-electron chi connectivity index (χ1n) is 4.48. The van der Waals surface area contributed by atoms with Crippen LogP contribution in [0.5, 0.6) is 0 Å². The van der Waals surface area contributed by atoms with Gasteiger partial charge in [0.15, 0.2) is 0 Å². The van der Waals surface area contributed by atoms with E-state index < -0.39 is 0 Å². The summed E-state index contributed by atoms with van der Waals surface area (Å²) in [4.78, 5) is 3.98. The minimum atomic E-state index is 1.07. The summed E-state index contributed by atoms with van der Waals surface area (Å²) in [7, 11) is 3.87. The molecule has 0 atom stereocenters. The lowest BCUT2D eigenvalue weighted by molar-refractivity contribution is 0.767. The molecule has 0 N–H and O–H groups in total. The molecule has 2 aromatic rings. The molecule has 76 valence electrons. The standard InChI is InChI=1S/2C5H8N2/c1-5-3-7(2)4-6-5;1-5-3-6-7(2)4-5/h2*3-4H,1-2H3. The van der Waals surface area contributed by atoms with E-state index in [9.17, 15) is 0 Å². The molecule has 0 saturated carbocycles. The summed E-state index contributed by atoms with van der Waals surface area (Å²) in [6.45, 7) is 3.99. The van der Waals surface area contributed by atoms with Crippen molar-refractivity contribution in [2.45, 2.75) is 13.8 Å². The third-order valence-electron chi connectivity index (χ3n) is 1.67. The Kier molecular flexibility index (Phi) is 3.45. The van der Waals surface area contributed by atoms with Crippen LogP contribution in [0.15, 0.2) is 24.9 Å². The minimum absolute atomic E-state index is 1.07. The highest BCUT2D eigenvalue weighted by Gasteiger charge is 1.82. The second-order valence-corrected chi connectivity index (χ2v) is 3.37. The maximum Gasteiger partial charge on any atom is 0.0946 e. The summed E-state index contributed by atoms with van der Waals surface area (Å²) in [5.74, 6) is 0. The Labute approximate surface area is 84.2 Å². The smallest absolute Gasteiger partial charge is 0.0946 e. The Hall–Kier alpha value is -1.58. The van der Waals surface area contributed by atoms with E-state index in [4.69, 9.17) is 0 Å². The van der Waals surface area contributed by atoms with Gasteiger partial charge in [-0.25, -0.2) is 4.98 Å². The van der Waals surface area contributed by atoms with Crippen LogP contribution < -0.4 is 0 Å². The van der Waals surface area contributed by atoms with Crippen LogP contribution in [0.1, 0.15) is 11.3 Å². The van der Waals surface area contributed by atoms with E-state index in [1.165, 1.54) is 5.56 Å². The third kappa shape index (κ3) is 3.43. The molecule has 4 nitrogen and oxygen atoms in total. The summed E-state index contributed by atoms with van der Waals surface area (Å²) < 4.78 is 3.71. The second-order valence-electron chi connectivity index (χ2n) is 3.37. The van der Waals surface area contributed by atoms with Crippen molar-refractivity contribution in [1.82, 2.24) is 19.3 Å². The molecule has 0 aromatic carbocycles. The topological polar surface area (TPSA) is 35.6 Å². The molecule has 0 amide bonds. The SMILES string of the molecule is Cc1cn(C)cn1.Cc1cnn(C)c1. The van der Waals surface area contributed by atoms with Crippen LogP contribution >= 0.6 is 0 Å². The molecular formula is C10H16N4. The Bertz CT molecular complexity index is 315. The summed E-state index contributed by atoms with van der Waals surface area (Å²) in [5.41, 5.74) is 2.28. The van der Waals surface area contributed by atoms with Gasteiger partial charge < -0.3 is 4.57 Å². The molecule has 2 heterocycles. The lowest BCUT2D eigenvalue weighted by Crippen LogP contribution is -1.83. The molecule has 0 fully saturated rings. The van der Waals surface area contributed by atoms with Crippen LogP contribution in [0, 0.1) is 13.8 Å². The van der Waals surface area contributed by atoms with Crippen molar-refractivity contribution < 1.29 is 0 Å². The van der Waals surface area contributed by atoms with E-state index in [-0.39, 0.29) is 0 Å². The molecule has 0 bridgehead atoms. The van der Waals surface area contributed by atoms with Crippen molar-refractivity contribution >= 4 is 0 Å². The highest BCUT2D eigenvalue weighted by molar-refractivity contribution is 4.98. The van der Waals surface area contributed by atoms with Gasteiger partial charge in [-0.05, 0) is 19.4 Å². The first-order chi connectivity index (χ1) is 6.58. The van der Waals surface area contributed by atoms with Crippen molar-refractivity contribution in [1.29, 1.82) is 0 Å². The Morgan fingerprint density at radius 3 is 2.00 bits per heavy atom. The lowest BCUT2D eigenvalue weighted by atomic mass is 10.4. The Balaban J connectivity index is 0.000000140. The van der Waals surface area contributed by atoms with Crippen LogP contribution in [0.2, 0.25) is 0 Å². The second kappa shape index (κ2) is 4.60. The number of aryl methyl sites for hydroxylation is 4. The van der Waals surface area contributed by atoms with Gasteiger partial charge in [-0.15, -0.1) is 0 Å². The van der Waals surface area contributed by atoms with Crippen LogP contribution in [0.25, 0.3) is 0 Å². The average molecular weight is 192 g/mol. The van der Waals surface area contributed by atoms with Gasteiger partial charge in [0.1, 0.15) is 0 Å². The fourth-order valence-electron chi connectivity index (χ4n) is 1.09. The molecule has 0 aliphatic heterocycles. The molecule has 0 spiro atoms. The van der Waals surface area contributed by atoms with Gasteiger partial charge >= 0.3 is 0 Å². The zero-order valence-electron chi connectivity index (χ0n) is 9.10. The van der Waals surface area contributed by atoms with E-state index in [0.29, 0.717) is 0 Å². The van der Waals surface area contributed by atoms with Crippen LogP contribution in [0.4, 0.5) is 0 Å². The number of hydrogen-bond acceptors (Lipinski definition) is 2. The lowest BCUT2D eigenvalue weighted by Gasteiger charge is -1.78. The molecule has 0 saturated heterocycles. The number of imidazole rings is 1. The highest BCUT2D eigenvalue weighted by Crippen LogP contribution is 1.88. The van der Waals surface area contributed by atoms with E-state index in [1.807, 2.05) is 51.1 Å². The predicted molar refractivity (Wildman–Crippen MR) is 55.9 cm³/mol. The molecule has 2 aromatic heterocycles. The first-order valence-corrected chi connectivity index (χ1v) is 4.48. The molecular weight excluding hydrogens is 176 g/mol. The van der Waals surface area contributed by atoms with Gasteiger partial charge in [-0.3, -0.25) is 4.68 Å². The van der Waals surface area contributed by atoms with E-state index in [0.717, 1.165) is 5.69 Å². The quantitative estimate of drug-likeness (QED) is 0.633. The molecule has 0 aliphatic carbocycles. The molecule has 0 unspecified atom stereocenters.